The highest BCUT2D eigenvalue weighted by molar-refractivity contribution is 6.33. The summed E-state index contributed by atoms with van der Waals surface area (Å²) in [6.07, 6.45) is -0.468. The van der Waals surface area contributed by atoms with Crippen molar-refractivity contribution in [3.05, 3.63) is 33.8 Å². The van der Waals surface area contributed by atoms with Crippen LogP contribution in [0.4, 0.5) is 0 Å². The molecule has 0 spiro atoms. The van der Waals surface area contributed by atoms with Crippen LogP contribution in [0.15, 0.2) is 18.2 Å². The lowest BCUT2D eigenvalue weighted by Crippen LogP contribution is -2.47. The number of ether oxygens (including phenoxy) is 1. The van der Waals surface area contributed by atoms with Gasteiger partial charge in [-0.25, -0.2) is 0 Å². The average molecular weight is 333 g/mol. The lowest BCUT2D eigenvalue weighted by atomic mass is 10.1. The number of nitrogens with zero attached hydrogens (tertiary/aromatic N) is 2. The molecule has 118 valence electrons. The summed E-state index contributed by atoms with van der Waals surface area (Å²) in [6, 6.07) is 5.17. The number of aliphatic hydroxyl groups is 1. The van der Waals surface area contributed by atoms with Crippen molar-refractivity contribution in [1.82, 2.24) is 9.80 Å². The second kappa shape index (κ2) is 7.77. The zero-order chi connectivity index (χ0) is 15.4. The lowest BCUT2D eigenvalue weighted by molar-refractivity contribution is -0.0488. The Labute approximate surface area is 136 Å². The molecule has 6 heteroatoms. The molecule has 1 aliphatic rings. The highest BCUT2D eigenvalue weighted by Gasteiger charge is 2.24. The van der Waals surface area contributed by atoms with Gasteiger partial charge in [-0.15, -0.1) is 0 Å². The Bertz CT molecular complexity index is 471. The molecule has 0 amide bonds. The zero-order valence-corrected chi connectivity index (χ0v) is 13.9. The van der Waals surface area contributed by atoms with Crippen molar-refractivity contribution >= 4 is 23.2 Å². The molecule has 2 unspecified atom stereocenters. The van der Waals surface area contributed by atoms with Crippen molar-refractivity contribution in [3.63, 3.8) is 0 Å². The fraction of sp³-hybridized carbons (Fsp3) is 0.600. The van der Waals surface area contributed by atoms with Gasteiger partial charge in [-0.05, 0) is 32.3 Å². The van der Waals surface area contributed by atoms with Crippen LogP contribution < -0.4 is 0 Å². The van der Waals surface area contributed by atoms with E-state index in [0.29, 0.717) is 28.8 Å². The van der Waals surface area contributed by atoms with Crippen LogP contribution in [0.3, 0.4) is 0 Å². The molecular weight excluding hydrogens is 311 g/mol. The van der Waals surface area contributed by atoms with Gasteiger partial charge in [0.05, 0.1) is 18.8 Å². The molecule has 1 aromatic rings. The van der Waals surface area contributed by atoms with Crippen molar-refractivity contribution in [2.75, 3.05) is 46.9 Å². The van der Waals surface area contributed by atoms with E-state index in [0.717, 1.165) is 19.6 Å². The number of hydrogen-bond acceptors (Lipinski definition) is 4. The fourth-order valence-electron chi connectivity index (χ4n) is 2.58. The quantitative estimate of drug-likeness (QED) is 0.897. The molecule has 2 rings (SSSR count). The van der Waals surface area contributed by atoms with E-state index < -0.39 is 6.10 Å². The lowest BCUT2D eigenvalue weighted by Gasteiger charge is -2.35. The van der Waals surface area contributed by atoms with Gasteiger partial charge in [-0.1, -0.05) is 23.2 Å². The van der Waals surface area contributed by atoms with Gasteiger partial charge in [0.15, 0.2) is 0 Å². The standard InChI is InChI=1S/C15H22Cl2N2O2/c1-18(2)8-12-9-19(5-6-21-12)10-15(20)13-7-11(16)3-4-14(13)17/h3-4,7,12,15,20H,5-6,8-10H2,1-2H3. The Morgan fingerprint density at radius 1 is 1.43 bits per heavy atom. The Hall–Kier alpha value is -0.360. The van der Waals surface area contributed by atoms with Gasteiger partial charge in [0.1, 0.15) is 0 Å². The molecule has 1 N–H and O–H groups in total. The van der Waals surface area contributed by atoms with E-state index in [4.69, 9.17) is 27.9 Å². The number of hydrogen-bond donors (Lipinski definition) is 1. The van der Waals surface area contributed by atoms with E-state index in [1.54, 1.807) is 18.2 Å². The van der Waals surface area contributed by atoms with Crippen molar-refractivity contribution < 1.29 is 9.84 Å². The number of β-amino-alcohol motifs (C(OH)–C–C–N with tert-alkyl or cyclic N) is 1. The Morgan fingerprint density at radius 2 is 2.19 bits per heavy atom. The van der Waals surface area contributed by atoms with Crippen LogP contribution >= 0.6 is 23.2 Å². The predicted octanol–water partition coefficient (Wildman–Crippen LogP) is 2.29. The van der Waals surface area contributed by atoms with E-state index >= 15 is 0 Å². The maximum absolute atomic E-state index is 10.4. The Kier molecular flexibility index (Phi) is 6.29. The first kappa shape index (κ1) is 17.0. The van der Waals surface area contributed by atoms with Crippen LogP contribution in [0.2, 0.25) is 10.0 Å². The summed E-state index contributed by atoms with van der Waals surface area (Å²) in [5, 5.41) is 11.5. The first-order chi connectivity index (χ1) is 9.95. The summed E-state index contributed by atoms with van der Waals surface area (Å²) in [4.78, 5) is 4.32. The van der Waals surface area contributed by atoms with Crippen LogP contribution in [0, 0.1) is 0 Å². The Morgan fingerprint density at radius 3 is 2.90 bits per heavy atom. The number of morpholine rings is 1. The number of aliphatic hydroxyl groups excluding tert-OH is 1. The number of halogens is 2. The molecule has 1 aromatic carbocycles. The maximum Gasteiger partial charge on any atom is 0.0931 e. The summed E-state index contributed by atoms with van der Waals surface area (Å²) in [5.41, 5.74) is 0.680. The minimum Gasteiger partial charge on any atom is -0.387 e. The van der Waals surface area contributed by atoms with Gasteiger partial charge in [0, 0.05) is 41.8 Å². The molecule has 1 heterocycles. The first-order valence-electron chi connectivity index (χ1n) is 7.07. The topological polar surface area (TPSA) is 35.9 Å². The van der Waals surface area contributed by atoms with Crippen molar-refractivity contribution in [1.29, 1.82) is 0 Å². The summed E-state index contributed by atoms with van der Waals surface area (Å²) in [7, 11) is 4.06. The van der Waals surface area contributed by atoms with Crippen LogP contribution in [0.1, 0.15) is 11.7 Å². The highest BCUT2D eigenvalue weighted by Crippen LogP contribution is 2.27. The largest absolute Gasteiger partial charge is 0.387 e. The number of rotatable bonds is 5. The van der Waals surface area contributed by atoms with Crippen LogP contribution in [-0.4, -0.2) is 67.9 Å². The molecule has 0 radical (unpaired) electrons. The fourth-order valence-corrected chi connectivity index (χ4v) is 3.00. The summed E-state index contributed by atoms with van der Waals surface area (Å²) < 4.78 is 5.74. The van der Waals surface area contributed by atoms with E-state index in [1.807, 2.05) is 14.1 Å². The third-order valence-electron chi connectivity index (χ3n) is 3.54. The summed E-state index contributed by atoms with van der Waals surface area (Å²) >= 11 is 12.1. The zero-order valence-electron chi connectivity index (χ0n) is 12.4. The molecule has 1 saturated heterocycles. The van der Waals surface area contributed by atoms with Gasteiger partial charge in [0.25, 0.3) is 0 Å². The Balaban J connectivity index is 1.95. The van der Waals surface area contributed by atoms with Gasteiger partial charge in [-0.3, -0.25) is 4.90 Å². The highest BCUT2D eigenvalue weighted by atomic mass is 35.5. The SMILES string of the molecule is CN(C)CC1CN(CC(O)c2cc(Cl)ccc2Cl)CCO1. The summed E-state index contributed by atoms with van der Waals surface area (Å²) in [6.45, 7) is 3.74. The molecule has 2 atom stereocenters. The van der Waals surface area contributed by atoms with Crippen molar-refractivity contribution in [3.8, 4) is 0 Å². The average Bonchev–Trinajstić information content (AvgIpc) is 2.41. The number of likely N-dealkylation sites (N-methyl/N-ethyl adjacent to an activating group) is 1. The maximum atomic E-state index is 10.4. The van der Waals surface area contributed by atoms with Gasteiger partial charge < -0.3 is 14.7 Å². The van der Waals surface area contributed by atoms with Crippen LogP contribution in [0.5, 0.6) is 0 Å². The van der Waals surface area contributed by atoms with Crippen molar-refractivity contribution in [2.24, 2.45) is 0 Å². The minimum absolute atomic E-state index is 0.177. The molecule has 21 heavy (non-hydrogen) atoms. The second-order valence-corrected chi connectivity index (χ2v) is 6.54. The smallest absolute Gasteiger partial charge is 0.0931 e. The van der Waals surface area contributed by atoms with E-state index in [2.05, 4.69) is 9.80 Å². The molecule has 1 aliphatic heterocycles. The van der Waals surface area contributed by atoms with Crippen LogP contribution in [0.25, 0.3) is 0 Å². The molecule has 0 aromatic heterocycles. The normalized spacial score (nSPS) is 21.7. The first-order valence-corrected chi connectivity index (χ1v) is 7.83. The third kappa shape index (κ3) is 5.09. The molecule has 0 saturated carbocycles. The van der Waals surface area contributed by atoms with Crippen molar-refractivity contribution in [2.45, 2.75) is 12.2 Å². The predicted molar refractivity (Wildman–Crippen MR) is 86.2 cm³/mol. The van der Waals surface area contributed by atoms with Gasteiger partial charge in [0.2, 0.25) is 0 Å². The van der Waals surface area contributed by atoms with Gasteiger partial charge in [-0.2, -0.15) is 0 Å². The monoisotopic (exact) mass is 332 g/mol. The molecular formula is C15H22Cl2N2O2. The van der Waals surface area contributed by atoms with E-state index in [9.17, 15) is 5.11 Å². The van der Waals surface area contributed by atoms with Crippen LogP contribution in [-0.2, 0) is 4.74 Å². The molecule has 0 aliphatic carbocycles. The third-order valence-corrected chi connectivity index (χ3v) is 4.12. The summed E-state index contributed by atoms with van der Waals surface area (Å²) in [5.74, 6) is 0. The molecule has 1 fully saturated rings. The second-order valence-electron chi connectivity index (χ2n) is 5.70. The molecule has 0 bridgehead atoms. The van der Waals surface area contributed by atoms with Gasteiger partial charge >= 0.3 is 0 Å². The minimum atomic E-state index is -0.644. The van der Waals surface area contributed by atoms with E-state index in [1.165, 1.54) is 0 Å². The van der Waals surface area contributed by atoms with E-state index in [-0.39, 0.29) is 6.10 Å². The number of benzene rings is 1. The molecule has 4 nitrogen and oxygen atoms in total.